The van der Waals surface area contributed by atoms with Crippen molar-refractivity contribution in [1.29, 1.82) is 0 Å². The molecule has 30 heavy (non-hydrogen) atoms. The molecule has 0 amide bonds. The first-order chi connectivity index (χ1) is 14.7. The standard InChI is InChI=1S/C23H33FN6/c1-2-3-11-28-13-15-29(16-14-28)22-9-10-25-23(27-22)26-20-7-5-12-30(18-20)21-8-4-6-19(24)17-21/h4,6,8-10,17,20H,2-3,5,7,11-16,18H2,1H3,(H,25,26,27). The van der Waals surface area contributed by atoms with E-state index in [1.54, 1.807) is 12.1 Å². The van der Waals surface area contributed by atoms with Gasteiger partial charge < -0.3 is 15.1 Å². The van der Waals surface area contributed by atoms with Gasteiger partial charge in [-0.25, -0.2) is 9.37 Å². The van der Waals surface area contributed by atoms with Crippen molar-refractivity contribution in [2.45, 2.75) is 38.6 Å². The van der Waals surface area contributed by atoms with Crippen LogP contribution in [0.3, 0.4) is 0 Å². The molecule has 1 aromatic heterocycles. The lowest BCUT2D eigenvalue weighted by molar-refractivity contribution is 0.253. The Balaban J connectivity index is 1.34. The van der Waals surface area contributed by atoms with Gasteiger partial charge in [-0.1, -0.05) is 19.4 Å². The summed E-state index contributed by atoms with van der Waals surface area (Å²) in [5.41, 5.74) is 0.942. The third-order valence-electron chi connectivity index (χ3n) is 6.09. The molecule has 162 valence electrons. The van der Waals surface area contributed by atoms with E-state index in [0.29, 0.717) is 5.95 Å². The summed E-state index contributed by atoms with van der Waals surface area (Å²) < 4.78 is 13.6. The zero-order valence-corrected chi connectivity index (χ0v) is 17.9. The van der Waals surface area contributed by atoms with Gasteiger partial charge in [0, 0.05) is 57.2 Å². The Bertz CT molecular complexity index is 808. The second-order valence-electron chi connectivity index (χ2n) is 8.33. The van der Waals surface area contributed by atoms with Gasteiger partial charge in [-0.3, -0.25) is 4.90 Å². The molecule has 0 aliphatic carbocycles. The largest absolute Gasteiger partial charge is 0.369 e. The minimum atomic E-state index is -0.187. The second kappa shape index (κ2) is 10.1. The Morgan fingerprint density at radius 2 is 1.97 bits per heavy atom. The molecule has 4 rings (SSSR count). The van der Waals surface area contributed by atoms with Gasteiger partial charge in [0.1, 0.15) is 11.6 Å². The van der Waals surface area contributed by atoms with E-state index in [1.807, 2.05) is 18.3 Å². The lowest BCUT2D eigenvalue weighted by Gasteiger charge is -2.36. The molecule has 6 nitrogen and oxygen atoms in total. The van der Waals surface area contributed by atoms with Crippen LogP contribution in [0.1, 0.15) is 32.6 Å². The van der Waals surface area contributed by atoms with Crippen molar-refractivity contribution in [3.05, 3.63) is 42.3 Å². The van der Waals surface area contributed by atoms with Crippen molar-refractivity contribution in [2.75, 3.05) is 60.9 Å². The normalized spacial score (nSPS) is 20.4. The molecule has 2 saturated heterocycles. The monoisotopic (exact) mass is 412 g/mol. The Hall–Kier alpha value is -2.41. The molecule has 0 radical (unpaired) electrons. The fourth-order valence-corrected chi connectivity index (χ4v) is 4.36. The Labute approximate surface area is 179 Å². The van der Waals surface area contributed by atoms with E-state index in [2.05, 4.69) is 31.9 Å². The molecular formula is C23H33FN6. The third-order valence-corrected chi connectivity index (χ3v) is 6.09. The van der Waals surface area contributed by atoms with Gasteiger partial charge in [-0.2, -0.15) is 4.98 Å². The van der Waals surface area contributed by atoms with E-state index in [9.17, 15) is 4.39 Å². The van der Waals surface area contributed by atoms with Gasteiger partial charge >= 0.3 is 0 Å². The minimum Gasteiger partial charge on any atom is -0.369 e. The molecule has 7 heteroatoms. The van der Waals surface area contributed by atoms with Crippen LogP contribution in [0.2, 0.25) is 0 Å². The minimum absolute atomic E-state index is 0.187. The molecule has 0 spiro atoms. The van der Waals surface area contributed by atoms with E-state index >= 15 is 0 Å². The number of anilines is 3. The third kappa shape index (κ3) is 5.39. The molecule has 1 aromatic carbocycles. The van der Waals surface area contributed by atoms with Crippen LogP contribution in [0.25, 0.3) is 0 Å². The highest BCUT2D eigenvalue weighted by Gasteiger charge is 2.22. The van der Waals surface area contributed by atoms with Crippen LogP contribution in [0.5, 0.6) is 0 Å². The first-order valence-electron chi connectivity index (χ1n) is 11.3. The number of nitrogens with one attached hydrogen (secondary N) is 1. The van der Waals surface area contributed by atoms with Gasteiger partial charge in [0.15, 0.2) is 0 Å². The zero-order valence-electron chi connectivity index (χ0n) is 17.9. The second-order valence-corrected chi connectivity index (χ2v) is 8.33. The predicted octanol–water partition coefficient (Wildman–Crippen LogP) is 3.62. The van der Waals surface area contributed by atoms with Crippen molar-refractivity contribution in [2.24, 2.45) is 0 Å². The summed E-state index contributed by atoms with van der Waals surface area (Å²) in [5, 5.41) is 3.52. The van der Waals surface area contributed by atoms with Crippen LogP contribution in [0.4, 0.5) is 21.8 Å². The van der Waals surface area contributed by atoms with Crippen molar-refractivity contribution >= 4 is 17.5 Å². The number of rotatable bonds is 7. The summed E-state index contributed by atoms with van der Waals surface area (Å²) in [4.78, 5) is 16.4. The zero-order chi connectivity index (χ0) is 20.8. The van der Waals surface area contributed by atoms with Crippen LogP contribution < -0.4 is 15.1 Å². The fraction of sp³-hybridized carbons (Fsp3) is 0.565. The molecule has 3 heterocycles. The van der Waals surface area contributed by atoms with Crippen molar-refractivity contribution in [3.63, 3.8) is 0 Å². The number of nitrogens with zero attached hydrogens (tertiary/aromatic N) is 5. The van der Waals surface area contributed by atoms with Crippen LogP contribution in [-0.2, 0) is 0 Å². The lowest BCUT2D eigenvalue weighted by Crippen LogP contribution is -2.47. The number of benzene rings is 1. The summed E-state index contributed by atoms with van der Waals surface area (Å²) >= 11 is 0. The molecular weight excluding hydrogens is 379 g/mol. The summed E-state index contributed by atoms with van der Waals surface area (Å²) in [6.07, 6.45) is 6.50. The number of aromatic nitrogens is 2. The maximum atomic E-state index is 13.6. The first kappa shape index (κ1) is 20.8. The Morgan fingerprint density at radius 3 is 2.77 bits per heavy atom. The van der Waals surface area contributed by atoms with E-state index in [-0.39, 0.29) is 11.9 Å². The molecule has 0 bridgehead atoms. The van der Waals surface area contributed by atoms with E-state index in [1.165, 1.54) is 25.5 Å². The number of hydrogen-bond acceptors (Lipinski definition) is 6. The molecule has 1 unspecified atom stereocenters. The maximum Gasteiger partial charge on any atom is 0.224 e. The van der Waals surface area contributed by atoms with Gasteiger partial charge in [0.05, 0.1) is 0 Å². The van der Waals surface area contributed by atoms with Crippen molar-refractivity contribution in [3.8, 4) is 0 Å². The maximum absolute atomic E-state index is 13.6. The Morgan fingerprint density at radius 1 is 1.10 bits per heavy atom. The molecule has 2 aromatic rings. The summed E-state index contributed by atoms with van der Waals surface area (Å²) in [6, 6.07) is 9.11. The topological polar surface area (TPSA) is 47.5 Å². The number of hydrogen-bond donors (Lipinski definition) is 1. The average molecular weight is 413 g/mol. The highest BCUT2D eigenvalue weighted by molar-refractivity contribution is 5.48. The number of unbranched alkanes of at least 4 members (excludes halogenated alkanes) is 1. The SMILES string of the molecule is CCCCN1CCN(c2ccnc(NC3CCCN(c4cccc(F)c4)C3)n2)CC1. The highest BCUT2D eigenvalue weighted by atomic mass is 19.1. The van der Waals surface area contributed by atoms with Crippen LogP contribution in [0, 0.1) is 5.82 Å². The lowest BCUT2D eigenvalue weighted by atomic mass is 10.1. The number of piperidine rings is 1. The summed E-state index contributed by atoms with van der Waals surface area (Å²) in [7, 11) is 0. The fourth-order valence-electron chi connectivity index (χ4n) is 4.36. The number of piperazine rings is 1. The van der Waals surface area contributed by atoms with Crippen molar-refractivity contribution in [1.82, 2.24) is 14.9 Å². The van der Waals surface area contributed by atoms with Crippen LogP contribution in [0.15, 0.2) is 36.5 Å². The smallest absolute Gasteiger partial charge is 0.224 e. The highest BCUT2D eigenvalue weighted by Crippen LogP contribution is 2.23. The predicted molar refractivity (Wildman–Crippen MR) is 121 cm³/mol. The van der Waals surface area contributed by atoms with Gasteiger partial charge in [0.2, 0.25) is 5.95 Å². The van der Waals surface area contributed by atoms with Crippen LogP contribution in [-0.4, -0.2) is 66.7 Å². The molecule has 1 N–H and O–H groups in total. The average Bonchev–Trinajstić information content (AvgIpc) is 2.78. The van der Waals surface area contributed by atoms with Crippen molar-refractivity contribution < 1.29 is 4.39 Å². The van der Waals surface area contributed by atoms with Gasteiger partial charge in [-0.15, -0.1) is 0 Å². The molecule has 1 atom stereocenters. The van der Waals surface area contributed by atoms with E-state index in [4.69, 9.17) is 4.98 Å². The molecule has 2 aliphatic rings. The molecule has 2 fully saturated rings. The summed E-state index contributed by atoms with van der Waals surface area (Å²) in [5.74, 6) is 1.50. The van der Waals surface area contributed by atoms with E-state index in [0.717, 1.165) is 63.6 Å². The number of halogens is 1. The molecule has 2 aliphatic heterocycles. The first-order valence-corrected chi connectivity index (χ1v) is 11.3. The summed E-state index contributed by atoms with van der Waals surface area (Å²) in [6.45, 7) is 9.43. The van der Waals surface area contributed by atoms with E-state index < -0.39 is 0 Å². The van der Waals surface area contributed by atoms with Gasteiger partial charge in [-0.05, 0) is 50.1 Å². The quantitative estimate of drug-likeness (QED) is 0.750. The van der Waals surface area contributed by atoms with Gasteiger partial charge in [0.25, 0.3) is 0 Å². The molecule has 0 saturated carbocycles. The Kier molecular flexibility index (Phi) is 7.00. The van der Waals surface area contributed by atoms with Crippen LogP contribution >= 0.6 is 0 Å².